The second kappa shape index (κ2) is 16.0. The summed E-state index contributed by atoms with van der Waals surface area (Å²) >= 11 is 0. The molecule has 0 radical (unpaired) electrons. The zero-order valence-electron chi connectivity index (χ0n) is 17.1. The van der Waals surface area contributed by atoms with E-state index in [9.17, 15) is 4.79 Å². The van der Waals surface area contributed by atoms with Crippen molar-refractivity contribution in [1.82, 2.24) is 0 Å². The third-order valence-electron chi connectivity index (χ3n) is 5.14. The van der Waals surface area contributed by atoms with Gasteiger partial charge in [0.2, 0.25) is 0 Å². The summed E-state index contributed by atoms with van der Waals surface area (Å²) in [4.78, 5) is 12.6. The van der Waals surface area contributed by atoms with Crippen LogP contribution in [0.25, 0.3) is 0 Å². The van der Waals surface area contributed by atoms with Crippen molar-refractivity contribution >= 4 is 5.97 Å². The number of carbonyl (C=O) groups excluding carboxylic acids is 1. The van der Waals surface area contributed by atoms with Crippen LogP contribution in [0.1, 0.15) is 124 Å². The Kier molecular flexibility index (Phi) is 15.6. The Morgan fingerprint density at radius 1 is 0.667 bits per heavy atom. The van der Waals surface area contributed by atoms with Gasteiger partial charge in [0.05, 0.1) is 12.0 Å². The molecule has 0 aromatic rings. The van der Waals surface area contributed by atoms with Crippen molar-refractivity contribution < 1.29 is 9.53 Å². The Morgan fingerprint density at radius 3 is 1.62 bits per heavy atom. The van der Waals surface area contributed by atoms with Gasteiger partial charge >= 0.3 is 5.97 Å². The van der Waals surface area contributed by atoms with Gasteiger partial charge in [-0.3, -0.25) is 4.79 Å². The van der Waals surface area contributed by atoms with Gasteiger partial charge in [-0.1, -0.05) is 97.8 Å². The normalized spacial score (nSPS) is 13.7. The van der Waals surface area contributed by atoms with Crippen LogP contribution >= 0.6 is 0 Å². The molecule has 0 fully saturated rings. The quantitative estimate of drug-likeness (QED) is 0.203. The molecule has 144 valence electrons. The number of hydrogen-bond acceptors (Lipinski definition) is 2. The molecule has 0 aliphatic carbocycles. The molecule has 0 bridgehead atoms. The highest BCUT2D eigenvalue weighted by Crippen LogP contribution is 2.33. The molecular formula is C22H44O2. The third-order valence-corrected chi connectivity index (χ3v) is 5.14. The molecule has 0 amide bonds. The van der Waals surface area contributed by atoms with E-state index in [0.29, 0.717) is 6.61 Å². The standard InChI is InChI=1S/C22H44O2/c1-5-8-11-13-14-16-19-22(4,18-15-12-9-6-2)21(23)24-20-17-10-7-3/h5-20H2,1-4H3. The minimum atomic E-state index is -0.259. The van der Waals surface area contributed by atoms with Crippen molar-refractivity contribution in [3.8, 4) is 0 Å². The topological polar surface area (TPSA) is 26.3 Å². The lowest BCUT2D eigenvalue weighted by molar-refractivity contribution is -0.156. The molecule has 0 rings (SSSR count). The smallest absolute Gasteiger partial charge is 0.311 e. The molecule has 1 atom stereocenters. The molecule has 0 aromatic heterocycles. The van der Waals surface area contributed by atoms with Crippen LogP contribution in [0.3, 0.4) is 0 Å². The highest BCUT2D eigenvalue weighted by molar-refractivity contribution is 5.76. The average Bonchev–Trinajstić information content (AvgIpc) is 2.58. The van der Waals surface area contributed by atoms with E-state index in [-0.39, 0.29) is 11.4 Å². The lowest BCUT2D eigenvalue weighted by atomic mass is 9.79. The maximum atomic E-state index is 12.6. The molecular weight excluding hydrogens is 296 g/mol. The van der Waals surface area contributed by atoms with Crippen molar-refractivity contribution in [3.05, 3.63) is 0 Å². The van der Waals surface area contributed by atoms with Gasteiger partial charge in [0.25, 0.3) is 0 Å². The number of carbonyl (C=O) groups is 1. The van der Waals surface area contributed by atoms with E-state index in [1.54, 1.807) is 0 Å². The lowest BCUT2D eigenvalue weighted by Crippen LogP contribution is -2.30. The van der Waals surface area contributed by atoms with Gasteiger partial charge < -0.3 is 4.74 Å². The Labute approximate surface area is 152 Å². The summed E-state index contributed by atoms with van der Waals surface area (Å²) in [5.74, 6) is 0.0589. The number of ether oxygens (including phenoxy) is 1. The van der Waals surface area contributed by atoms with Crippen LogP contribution < -0.4 is 0 Å². The molecule has 24 heavy (non-hydrogen) atoms. The fourth-order valence-corrected chi connectivity index (χ4v) is 3.26. The molecule has 0 saturated carbocycles. The van der Waals surface area contributed by atoms with Crippen molar-refractivity contribution in [2.45, 2.75) is 124 Å². The third kappa shape index (κ3) is 11.9. The van der Waals surface area contributed by atoms with E-state index in [0.717, 1.165) is 38.5 Å². The molecule has 0 spiro atoms. The van der Waals surface area contributed by atoms with Crippen molar-refractivity contribution in [1.29, 1.82) is 0 Å². The lowest BCUT2D eigenvalue weighted by Gasteiger charge is -2.27. The highest BCUT2D eigenvalue weighted by Gasteiger charge is 2.33. The maximum Gasteiger partial charge on any atom is 0.311 e. The summed E-state index contributed by atoms with van der Waals surface area (Å²) in [6, 6.07) is 0. The van der Waals surface area contributed by atoms with Gasteiger partial charge in [0.15, 0.2) is 0 Å². The monoisotopic (exact) mass is 340 g/mol. The maximum absolute atomic E-state index is 12.6. The van der Waals surface area contributed by atoms with Crippen LogP contribution in [0.15, 0.2) is 0 Å². The van der Waals surface area contributed by atoms with Crippen LogP contribution in [0.4, 0.5) is 0 Å². The van der Waals surface area contributed by atoms with E-state index >= 15 is 0 Å². The summed E-state index contributed by atoms with van der Waals surface area (Å²) in [7, 11) is 0. The summed E-state index contributed by atoms with van der Waals surface area (Å²) < 4.78 is 5.62. The van der Waals surface area contributed by atoms with E-state index in [1.807, 2.05) is 0 Å². The number of esters is 1. The Balaban J connectivity index is 4.27. The zero-order valence-corrected chi connectivity index (χ0v) is 17.1. The Morgan fingerprint density at radius 2 is 1.08 bits per heavy atom. The fourth-order valence-electron chi connectivity index (χ4n) is 3.26. The van der Waals surface area contributed by atoms with Crippen LogP contribution in [-0.2, 0) is 9.53 Å². The predicted octanol–water partition coefficient (Wildman–Crippen LogP) is 7.45. The summed E-state index contributed by atoms with van der Waals surface area (Å²) in [5.41, 5.74) is -0.259. The van der Waals surface area contributed by atoms with Gasteiger partial charge in [-0.15, -0.1) is 0 Å². The molecule has 0 heterocycles. The second-order valence-electron chi connectivity index (χ2n) is 7.73. The minimum Gasteiger partial charge on any atom is -0.465 e. The molecule has 0 saturated heterocycles. The van der Waals surface area contributed by atoms with E-state index in [2.05, 4.69) is 27.7 Å². The summed E-state index contributed by atoms with van der Waals surface area (Å²) in [5, 5.41) is 0. The largest absolute Gasteiger partial charge is 0.465 e. The number of rotatable bonds is 17. The summed E-state index contributed by atoms with van der Waals surface area (Å²) in [6.45, 7) is 9.42. The van der Waals surface area contributed by atoms with Gasteiger partial charge in [-0.05, 0) is 26.2 Å². The van der Waals surface area contributed by atoms with E-state index in [1.165, 1.54) is 57.8 Å². The Bertz CT molecular complexity index is 288. The van der Waals surface area contributed by atoms with Crippen molar-refractivity contribution in [2.24, 2.45) is 5.41 Å². The average molecular weight is 341 g/mol. The molecule has 2 nitrogen and oxygen atoms in total. The predicted molar refractivity (Wildman–Crippen MR) is 105 cm³/mol. The van der Waals surface area contributed by atoms with Crippen molar-refractivity contribution in [3.63, 3.8) is 0 Å². The first-order valence-corrected chi connectivity index (χ1v) is 10.8. The van der Waals surface area contributed by atoms with Gasteiger partial charge in [0, 0.05) is 0 Å². The van der Waals surface area contributed by atoms with Crippen LogP contribution in [0, 0.1) is 5.41 Å². The SMILES string of the molecule is CCCCCCCCC(C)(CCCCCC)C(=O)OCCCCC. The molecule has 0 N–H and O–H groups in total. The van der Waals surface area contributed by atoms with Crippen LogP contribution in [0.2, 0.25) is 0 Å². The van der Waals surface area contributed by atoms with E-state index < -0.39 is 0 Å². The minimum absolute atomic E-state index is 0.0589. The van der Waals surface area contributed by atoms with Crippen LogP contribution in [0.5, 0.6) is 0 Å². The Hall–Kier alpha value is -0.530. The van der Waals surface area contributed by atoms with Gasteiger partial charge in [0.1, 0.15) is 0 Å². The van der Waals surface area contributed by atoms with Crippen LogP contribution in [-0.4, -0.2) is 12.6 Å². The molecule has 2 heteroatoms. The molecule has 0 aliphatic rings. The van der Waals surface area contributed by atoms with Gasteiger partial charge in [-0.2, -0.15) is 0 Å². The number of hydrogen-bond donors (Lipinski definition) is 0. The first-order chi connectivity index (χ1) is 11.6. The zero-order chi connectivity index (χ0) is 18.1. The summed E-state index contributed by atoms with van der Waals surface area (Å²) in [6.07, 6.45) is 17.9. The molecule has 0 aliphatic heterocycles. The molecule has 0 aromatic carbocycles. The fraction of sp³-hybridized carbons (Fsp3) is 0.955. The second-order valence-corrected chi connectivity index (χ2v) is 7.73. The molecule has 1 unspecified atom stereocenters. The highest BCUT2D eigenvalue weighted by atomic mass is 16.5. The van der Waals surface area contributed by atoms with Gasteiger partial charge in [-0.25, -0.2) is 0 Å². The first kappa shape index (κ1) is 23.5. The first-order valence-electron chi connectivity index (χ1n) is 10.8. The number of unbranched alkanes of at least 4 members (excludes halogenated alkanes) is 10. The van der Waals surface area contributed by atoms with Crippen molar-refractivity contribution in [2.75, 3.05) is 6.61 Å². The van der Waals surface area contributed by atoms with E-state index in [4.69, 9.17) is 4.74 Å².